The molecule has 0 saturated carbocycles. The van der Waals surface area contributed by atoms with Gasteiger partial charge in [-0.25, -0.2) is 0 Å². The Morgan fingerprint density at radius 1 is 0.767 bits per heavy atom. The van der Waals surface area contributed by atoms with E-state index in [2.05, 4.69) is 81.1 Å². The van der Waals surface area contributed by atoms with E-state index in [0.717, 1.165) is 5.56 Å². The number of aliphatic hydroxyl groups is 1. The van der Waals surface area contributed by atoms with Crippen LogP contribution in [0.4, 0.5) is 0 Å². The Kier molecular flexibility index (Phi) is 6.94. The van der Waals surface area contributed by atoms with Crippen molar-refractivity contribution < 1.29 is 9.53 Å². The van der Waals surface area contributed by atoms with E-state index in [-0.39, 0.29) is 5.04 Å². The fraction of sp³-hybridized carbons (Fsp3) is 0.259. The van der Waals surface area contributed by atoms with Gasteiger partial charge in [-0.3, -0.25) is 0 Å². The molecule has 0 saturated heterocycles. The van der Waals surface area contributed by atoms with Gasteiger partial charge in [0.2, 0.25) is 0 Å². The molecule has 3 heteroatoms. The van der Waals surface area contributed by atoms with Crippen molar-refractivity contribution in [1.82, 2.24) is 0 Å². The lowest BCUT2D eigenvalue weighted by molar-refractivity contribution is 0.0783. The summed E-state index contributed by atoms with van der Waals surface area (Å²) in [5.41, 5.74) is 0.884. The van der Waals surface area contributed by atoms with Crippen molar-refractivity contribution in [2.45, 2.75) is 44.9 Å². The summed E-state index contributed by atoms with van der Waals surface area (Å²) in [6.07, 6.45) is -1.32. The molecule has 30 heavy (non-hydrogen) atoms. The first-order valence-corrected chi connectivity index (χ1v) is 12.3. The first-order valence-electron chi connectivity index (χ1n) is 10.4. The van der Waals surface area contributed by atoms with Gasteiger partial charge in [-0.1, -0.05) is 111 Å². The topological polar surface area (TPSA) is 29.5 Å². The van der Waals surface area contributed by atoms with Gasteiger partial charge in [-0.15, -0.1) is 0 Å². The Balaban J connectivity index is 2.02. The predicted octanol–water partition coefficient (Wildman–Crippen LogP) is 4.36. The van der Waals surface area contributed by atoms with Crippen LogP contribution in [0.5, 0.6) is 0 Å². The van der Waals surface area contributed by atoms with Crippen LogP contribution < -0.4 is 10.4 Å². The first kappa shape index (κ1) is 22.1. The van der Waals surface area contributed by atoms with Gasteiger partial charge < -0.3 is 9.53 Å². The van der Waals surface area contributed by atoms with Crippen molar-refractivity contribution in [1.29, 1.82) is 0 Å². The summed E-state index contributed by atoms with van der Waals surface area (Å²) >= 11 is 0. The highest BCUT2D eigenvalue weighted by Gasteiger charge is 2.51. The molecule has 0 amide bonds. The number of benzene rings is 3. The lowest BCUT2D eigenvalue weighted by Gasteiger charge is -2.45. The summed E-state index contributed by atoms with van der Waals surface area (Å²) in [6, 6.07) is 30.6. The standard InChI is InChI=1S/C27H30O2Si/c1-22(26(28)21-20-23-14-8-5-9-15-23)29-30(27(2,3)4,24-16-10-6-11-17-24)25-18-12-7-13-19-25/h5-19,22,26,28H,1-4H3/t22-,26-/m0/s1. The lowest BCUT2D eigenvalue weighted by Crippen LogP contribution is -2.68. The Morgan fingerprint density at radius 3 is 1.63 bits per heavy atom. The molecule has 0 spiro atoms. The molecule has 0 unspecified atom stereocenters. The van der Waals surface area contributed by atoms with Crippen molar-refractivity contribution in [2.24, 2.45) is 0 Å². The maximum atomic E-state index is 10.8. The molecule has 3 aromatic rings. The molecule has 0 aliphatic carbocycles. The van der Waals surface area contributed by atoms with Crippen LogP contribution in [0.15, 0.2) is 91.0 Å². The van der Waals surface area contributed by atoms with E-state index in [1.54, 1.807) is 0 Å². The van der Waals surface area contributed by atoms with E-state index in [4.69, 9.17) is 4.43 Å². The van der Waals surface area contributed by atoms with Crippen LogP contribution in [0, 0.1) is 11.8 Å². The highest BCUT2D eigenvalue weighted by molar-refractivity contribution is 6.99. The van der Waals surface area contributed by atoms with Crippen LogP contribution in [0.2, 0.25) is 5.04 Å². The lowest BCUT2D eigenvalue weighted by atomic mass is 10.2. The summed E-state index contributed by atoms with van der Waals surface area (Å²) in [6.45, 7) is 8.61. The highest BCUT2D eigenvalue weighted by Crippen LogP contribution is 2.37. The second-order valence-electron chi connectivity index (χ2n) is 8.57. The summed E-state index contributed by atoms with van der Waals surface area (Å²) in [5, 5.41) is 13.1. The minimum absolute atomic E-state index is 0.142. The van der Waals surface area contributed by atoms with Gasteiger partial charge >= 0.3 is 0 Å². The van der Waals surface area contributed by atoms with Gasteiger partial charge in [0, 0.05) is 5.56 Å². The smallest absolute Gasteiger partial charge is 0.261 e. The van der Waals surface area contributed by atoms with Gasteiger partial charge in [0.1, 0.15) is 6.10 Å². The molecular formula is C27H30O2Si. The third-order valence-corrected chi connectivity index (χ3v) is 10.5. The normalized spacial score (nSPS) is 13.8. The molecule has 0 bridgehead atoms. The summed E-state index contributed by atoms with van der Waals surface area (Å²) in [4.78, 5) is 0. The maximum absolute atomic E-state index is 10.8. The van der Waals surface area contributed by atoms with Gasteiger partial charge in [-0.2, -0.15) is 0 Å². The molecule has 0 aliphatic heterocycles. The third kappa shape index (κ3) is 4.74. The highest BCUT2D eigenvalue weighted by atomic mass is 28.4. The van der Waals surface area contributed by atoms with Crippen LogP contribution in [-0.4, -0.2) is 25.6 Å². The van der Waals surface area contributed by atoms with Crippen LogP contribution in [-0.2, 0) is 4.43 Å². The molecule has 154 valence electrons. The Morgan fingerprint density at radius 2 is 1.20 bits per heavy atom. The summed E-state index contributed by atoms with van der Waals surface area (Å²) < 4.78 is 6.91. The van der Waals surface area contributed by atoms with Crippen LogP contribution >= 0.6 is 0 Å². The van der Waals surface area contributed by atoms with E-state index in [0.29, 0.717) is 0 Å². The third-order valence-electron chi connectivity index (χ3n) is 5.36. The SMILES string of the molecule is C[C@H](O[Si](c1ccccc1)(c1ccccc1)C(C)(C)C)[C@@H](O)C#Cc1ccccc1. The minimum Gasteiger partial charge on any atom is -0.401 e. The minimum atomic E-state index is -2.71. The largest absolute Gasteiger partial charge is 0.401 e. The molecule has 0 aliphatic rings. The number of hydrogen-bond acceptors (Lipinski definition) is 2. The van der Waals surface area contributed by atoms with Crippen LogP contribution in [0.1, 0.15) is 33.3 Å². The zero-order valence-corrected chi connectivity index (χ0v) is 19.2. The summed E-state index contributed by atoms with van der Waals surface area (Å²) in [5.74, 6) is 6.04. The van der Waals surface area contributed by atoms with E-state index in [1.165, 1.54) is 10.4 Å². The Labute approximate surface area is 181 Å². The molecule has 1 N–H and O–H groups in total. The van der Waals surface area contributed by atoms with E-state index in [1.807, 2.05) is 49.4 Å². The van der Waals surface area contributed by atoms with Crippen molar-refractivity contribution in [3.8, 4) is 11.8 Å². The van der Waals surface area contributed by atoms with E-state index < -0.39 is 20.5 Å². The second kappa shape index (κ2) is 9.45. The van der Waals surface area contributed by atoms with Gasteiger partial charge in [0.15, 0.2) is 0 Å². The molecule has 0 fully saturated rings. The molecule has 0 heterocycles. The molecule has 0 radical (unpaired) electrons. The molecule has 2 nitrogen and oxygen atoms in total. The number of hydrogen-bond donors (Lipinski definition) is 1. The zero-order valence-electron chi connectivity index (χ0n) is 18.2. The Bertz CT molecular complexity index is 944. The fourth-order valence-electron chi connectivity index (χ4n) is 3.83. The second-order valence-corrected chi connectivity index (χ2v) is 12.8. The average molecular weight is 415 g/mol. The van der Waals surface area contributed by atoms with E-state index >= 15 is 0 Å². The monoisotopic (exact) mass is 414 g/mol. The van der Waals surface area contributed by atoms with E-state index in [9.17, 15) is 5.11 Å². The van der Waals surface area contributed by atoms with Crippen molar-refractivity contribution in [2.75, 3.05) is 0 Å². The molecule has 2 atom stereocenters. The van der Waals surface area contributed by atoms with Crippen LogP contribution in [0.3, 0.4) is 0 Å². The molecule has 3 rings (SSSR count). The van der Waals surface area contributed by atoms with Gasteiger partial charge in [0.25, 0.3) is 8.32 Å². The van der Waals surface area contributed by atoms with Gasteiger partial charge in [-0.05, 0) is 34.5 Å². The van der Waals surface area contributed by atoms with Crippen LogP contribution in [0.25, 0.3) is 0 Å². The Hall–Kier alpha value is -2.64. The zero-order chi connectivity index (χ0) is 21.6. The number of aliphatic hydroxyl groups excluding tert-OH is 1. The average Bonchev–Trinajstić information content (AvgIpc) is 2.76. The molecule has 0 aromatic heterocycles. The van der Waals surface area contributed by atoms with Crippen molar-refractivity contribution in [3.05, 3.63) is 96.6 Å². The van der Waals surface area contributed by atoms with Crippen molar-refractivity contribution >= 4 is 18.7 Å². The fourth-order valence-corrected chi connectivity index (χ4v) is 8.53. The molecule has 3 aromatic carbocycles. The van der Waals surface area contributed by atoms with Crippen molar-refractivity contribution in [3.63, 3.8) is 0 Å². The van der Waals surface area contributed by atoms with Gasteiger partial charge in [0.05, 0.1) is 6.10 Å². The maximum Gasteiger partial charge on any atom is 0.261 e. The number of rotatable bonds is 5. The quantitative estimate of drug-likeness (QED) is 0.496. The molecular weight excluding hydrogens is 384 g/mol. The first-order chi connectivity index (χ1) is 14.3. The summed E-state index contributed by atoms with van der Waals surface area (Å²) in [7, 11) is -2.71. The predicted molar refractivity (Wildman–Crippen MR) is 127 cm³/mol.